The Morgan fingerprint density at radius 1 is 1.00 bits per heavy atom. The summed E-state index contributed by atoms with van der Waals surface area (Å²) in [6.07, 6.45) is -2.55. The maximum atomic E-state index is 13.0. The fourth-order valence-corrected chi connectivity index (χ4v) is 4.53. The number of nitrogens with one attached hydrogen (secondary N) is 3. The van der Waals surface area contributed by atoms with E-state index in [0.29, 0.717) is 24.5 Å². The van der Waals surface area contributed by atoms with E-state index in [1.165, 1.54) is 25.3 Å². The predicted octanol–water partition coefficient (Wildman–Crippen LogP) is 6.35. The third-order valence-corrected chi connectivity index (χ3v) is 6.85. The van der Waals surface area contributed by atoms with Gasteiger partial charge in [0.25, 0.3) is 11.6 Å². The fraction of sp³-hybridized carbons (Fsp3) is 0.100. The molecule has 4 rings (SSSR count). The van der Waals surface area contributed by atoms with Crippen molar-refractivity contribution >= 4 is 56.6 Å². The standard InChI is InChI=1S/C15H10ClF3N2O6S.C15H12F2N4O3/c1-28(25,26)20-14(22)10-7-9(3-4-12(10)21(23)24)27-13-5-2-8(6-11(13)16)15(17,18)19;1-8(13-12(14(22)23)3-2-4-18-13)20-21-15(24)19-11-6-9(16)5-10(17)7-11/h2-7H,1H3,(H,20,22);2-7H,1H3,(H,22,23)(H2,19,21,24)/b;20-8+. The number of carbonyl (C=O) groups is 3. The van der Waals surface area contributed by atoms with Crippen LogP contribution in [0.1, 0.15) is 38.9 Å². The molecule has 1 heterocycles. The van der Waals surface area contributed by atoms with Crippen LogP contribution in [0.2, 0.25) is 5.02 Å². The van der Waals surface area contributed by atoms with Gasteiger partial charge in [-0.1, -0.05) is 11.6 Å². The van der Waals surface area contributed by atoms with Crippen LogP contribution in [0.5, 0.6) is 11.5 Å². The Bertz CT molecular complexity index is 2170. The first-order valence-electron chi connectivity index (χ1n) is 13.8. The number of benzene rings is 3. The van der Waals surface area contributed by atoms with Crippen LogP contribution in [0.15, 0.2) is 78.0 Å². The van der Waals surface area contributed by atoms with Gasteiger partial charge in [0.2, 0.25) is 10.0 Å². The van der Waals surface area contributed by atoms with Gasteiger partial charge in [0, 0.05) is 30.1 Å². The Kier molecular flexibility index (Phi) is 12.9. The summed E-state index contributed by atoms with van der Waals surface area (Å²) in [5, 5.41) is 25.6. The van der Waals surface area contributed by atoms with Crippen LogP contribution in [0.25, 0.3) is 0 Å². The van der Waals surface area contributed by atoms with E-state index >= 15 is 0 Å². The molecule has 0 fully saturated rings. The molecule has 0 saturated heterocycles. The van der Waals surface area contributed by atoms with Crippen molar-refractivity contribution in [3.63, 3.8) is 0 Å². The van der Waals surface area contributed by atoms with Crippen LogP contribution < -0.4 is 20.2 Å². The van der Waals surface area contributed by atoms with E-state index in [0.717, 1.165) is 36.4 Å². The highest BCUT2D eigenvalue weighted by Crippen LogP contribution is 2.37. The summed E-state index contributed by atoms with van der Waals surface area (Å²) in [7, 11) is -4.00. The maximum absolute atomic E-state index is 13.0. The van der Waals surface area contributed by atoms with E-state index in [9.17, 15) is 54.9 Å². The van der Waals surface area contributed by atoms with E-state index in [-0.39, 0.29) is 34.2 Å². The first-order chi connectivity index (χ1) is 24.1. The minimum atomic E-state index is -4.62. The number of amides is 3. The van der Waals surface area contributed by atoms with Crippen LogP contribution in [-0.2, 0) is 16.2 Å². The third-order valence-electron chi connectivity index (χ3n) is 6.00. The molecule has 0 aliphatic heterocycles. The number of nitro groups is 1. The first kappa shape index (κ1) is 40.2. The van der Waals surface area contributed by atoms with Gasteiger partial charge in [0.1, 0.15) is 34.4 Å². The number of anilines is 1. The topological polar surface area (TPSA) is 219 Å². The van der Waals surface area contributed by atoms with E-state index in [1.54, 1.807) is 4.72 Å². The van der Waals surface area contributed by atoms with Gasteiger partial charge < -0.3 is 15.2 Å². The van der Waals surface area contributed by atoms with Gasteiger partial charge in [-0.15, -0.1) is 0 Å². The van der Waals surface area contributed by atoms with Gasteiger partial charge in [0.15, 0.2) is 0 Å². The number of hydrogen-bond donors (Lipinski definition) is 4. The third kappa shape index (κ3) is 11.7. The quantitative estimate of drug-likeness (QED) is 0.0639. The molecule has 1 aromatic heterocycles. The Balaban J connectivity index is 0.000000284. The molecular weight excluding hydrogens is 751 g/mol. The number of hydrogen-bond acceptors (Lipinski definition) is 10. The van der Waals surface area contributed by atoms with Crippen LogP contribution in [0.3, 0.4) is 0 Å². The van der Waals surface area contributed by atoms with Crippen molar-refractivity contribution in [2.24, 2.45) is 5.10 Å². The molecule has 52 heavy (non-hydrogen) atoms. The lowest BCUT2D eigenvalue weighted by molar-refractivity contribution is -0.385. The summed E-state index contributed by atoms with van der Waals surface area (Å²) in [6.45, 7) is 1.46. The summed E-state index contributed by atoms with van der Waals surface area (Å²) in [5.74, 6) is -4.55. The zero-order valence-corrected chi connectivity index (χ0v) is 27.7. The number of halogens is 6. The normalized spacial score (nSPS) is 11.4. The molecule has 3 amide bonds. The molecule has 274 valence electrons. The van der Waals surface area contributed by atoms with Gasteiger partial charge in [-0.3, -0.25) is 19.9 Å². The minimum Gasteiger partial charge on any atom is -0.478 e. The van der Waals surface area contributed by atoms with Gasteiger partial charge in [0.05, 0.1) is 33.0 Å². The van der Waals surface area contributed by atoms with Crippen LogP contribution >= 0.6 is 11.6 Å². The number of sulfonamides is 1. The molecule has 4 aromatic rings. The van der Waals surface area contributed by atoms with Crippen LogP contribution in [-0.4, -0.2) is 53.3 Å². The number of pyridine rings is 1. The summed E-state index contributed by atoms with van der Waals surface area (Å²) >= 11 is 5.76. The lowest BCUT2D eigenvalue weighted by Gasteiger charge is -2.12. The van der Waals surface area contributed by atoms with Gasteiger partial charge in [-0.25, -0.2) is 36.9 Å². The molecule has 22 heteroatoms. The largest absolute Gasteiger partial charge is 0.478 e. The number of carboxylic acid groups (broad SMARTS) is 1. The number of carboxylic acids is 1. The molecule has 0 aliphatic carbocycles. The van der Waals surface area contributed by atoms with Crippen molar-refractivity contribution in [1.29, 1.82) is 0 Å². The Morgan fingerprint density at radius 3 is 2.21 bits per heavy atom. The second kappa shape index (κ2) is 16.7. The van der Waals surface area contributed by atoms with E-state index in [2.05, 4.69) is 20.8 Å². The minimum absolute atomic E-state index is 0.0758. The molecule has 0 spiro atoms. The number of aromatic carboxylic acids is 1. The van der Waals surface area contributed by atoms with Crippen molar-refractivity contribution in [3.8, 4) is 11.5 Å². The maximum Gasteiger partial charge on any atom is 0.416 e. The number of rotatable bonds is 9. The lowest BCUT2D eigenvalue weighted by atomic mass is 10.1. The smallest absolute Gasteiger partial charge is 0.416 e. The number of aromatic nitrogens is 1. The number of hydrazone groups is 1. The average molecular weight is 773 g/mol. The van der Waals surface area contributed by atoms with Crippen molar-refractivity contribution in [2.45, 2.75) is 13.1 Å². The summed E-state index contributed by atoms with van der Waals surface area (Å²) in [5.41, 5.74) is -0.187. The van der Waals surface area contributed by atoms with Gasteiger partial charge in [-0.2, -0.15) is 18.3 Å². The second-order valence-electron chi connectivity index (χ2n) is 10.0. The van der Waals surface area contributed by atoms with E-state index < -0.39 is 72.5 Å². The van der Waals surface area contributed by atoms with Crippen molar-refractivity contribution in [1.82, 2.24) is 15.1 Å². The number of carbonyl (C=O) groups excluding carboxylic acids is 2. The lowest BCUT2D eigenvalue weighted by Crippen LogP contribution is -2.29. The molecule has 0 aliphatic rings. The van der Waals surface area contributed by atoms with E-state index in [4.69, 9.17) is 21.4 Å². The number of ether oxygens (including phenoxy) is 1. The Morgan fingerprint density at radius 2 is 1.65 bits per heavy atom. The Labute approximate surface area is 294 Å². The number of alkyl halides is 3. The molecule has 0 radical (unpaired) electrons. The SMILES string of the molecule is C/C(=N\NC(=O)Nc1cc(F)cc(F)c1)c1ncccc1C(=O)O.CS(=O)(=O)NC(=O)c1cc(Oc2ccc(C(F)(F)F)cc2Cl)ccc1[N+](=O)[O-]. The molecule has 3 aromatic carbocycles. The highest BCUT2D eigenvalue weighted by atomic mass is 35.5. The summed E-state index contributed by atoms with van der Waals surface area (Å²) in [4.78, 5) is 48.8. The molecule has 0 saturated carbocycles. The molecular formula is C30H22ClF5N6O9S. The highest BCUT2D eigenvalue weighted by molar-refractivity contribution is 7.89. The first-order valence-corrected chi connectivity index (χ1v) is 16.0. The number of urea groups is 1. The summed E-state index contributed by atoms with van der Waals surface area (Å²) in [6, 6.07) is 9.57. The fourth-order valence-electron chi connectivity index (χ4n) is 3.87. The second-order valence-corrected chi connectivity index (χ2v) is 12.2. The summed E-state index contributed by atoms with van der Waals surface area (Å²) < 4.78 is 93.3. The highest BCUT2D eigenvalue weighted by Gasteiger charge is 2.31. The van der Waals surface area contributed by atoms with Gasteiger partial charge >= 0.3 is 18.2 Å². The molecule has 4 N–H and O–H groups in total. The monoisotopic (exact) mass is 772 g/mol. The van der Waals surface area contributed by atoms with Crippen molar-refractivity contribution in [3.05, 3.63) is 122 Å². The van der Waals surface area contributed by atoms with Crippen LogP contribution in [0, 0.1) is 21.7 Å². The predicted molar refractivity (Wildman–Crippen MR) is 174 cm³/mol. The van der Waals surface area contributed by atoms with Gasteiger partial charge in [-0.05, 0) is 55.5 Å². The number of nitrogens with zero attached hydrogens (tertiary/aromatic N) is 3. The van der Waals surface area contributed by atoms with Crippen LogP contribution in [0.4, 0.5) is 38.1 Å². The van der Waals surface area contributed by atoms with Crippen molar-refractivity contribution < 1.29 is 59.5 Å². The molecule has 0 bridgehead atoms. The zero-order valence-electron chi connectivity index (χ0n) is 26.2. The molecule has 15 nitrogen and oxygen atoms in total. The average Bonchev–Trinajstić information content (AvgIpc) is 3.03. The molecule has 0 unspecified atom stereocenters. The molecule has 0 atom stereocenters. The van der Waals surface area contributed by atoms with Crippen molar-refractivity contribution in [2.75, 3.05) is 11.6 Å². The zero-order chi connectivity index (χ0) is 39.0. The van der Waals surface area contributed by atoms with E-state index in [1.807, 2.05) is 0 Å². The number of nitro benzene ring substituents is 1. The Hall–Kier alpha value is -6.22.